The highest BCUT2D eigenvalue weighted by Crippen LogP contribution is 2.62. The second kappa shape index (κ2) is 13.9. The fraction of sp³-hybridized carbons (Fsp3) is 0.0164. The molecule has 15 rings (SSSR count). The smallest absolute Gasteiger partial charge is 0.0991 e. The number of rotatable bonds is 3. The van der Waals surface area contributed by atoms with Crippen LogP contribution in [-0.2, 0) is 5.41 Å². The van der Waals surface area contributed by atoms with E-state index in [9.17, 15) is 10.5 Å². The van der Waals surface area contributed by atoms with Crippen LogP contribution < -0.4 is 0 Å². The quantitative estimate of drug-likeness (QED) is 0.176. The number of hydrogen-bond donors (Lipinski definition) is 0. The van der Waals surface area contributed by atoms with E-state index < -0.39 is 5.41 Å². The van der Waals surface area contributed by atoms with Gasteiger partial charge >= 0.3 is 0 Å². The minimum Gasteiger partial charge on any atom is -0.309 e. The lowest BCUT2D eigenvalue weighted by Crippen LogP contribution is -2.32. The summed E-state index contributed by atoms with van der Waals surface area (Å²) in [6.45, 7) is 0. The number of benzene rings is 8. The molecule has 5 aromatic heterocycles. The number of para-hydroxylation sites is 4. The average molecular weight is 896 g/mol. The molecule has 1 spiro atoms. The minimum absolute atomic E-state index is 0.568. The summed E-state index contributed by atoms with van der Waals surface area (Å²) in [5.74, 6) is 0. The lowest BCUT2D eigenvalue weighted by atomic mass is 9.67. The molecule has 0 atom stereocenters. The maximum Gasteiger partial charge on any atom is 0.0991 e. The van der Waals surface area contributed by atoms with Gasteiger partial charge in [-0.2, -0.15) is 10.5 Å². The van der Waals surface area contributed by atoms with Crippen LogP contribution in [0.3, 0.4) is 0 Å². The Balaban J connectivity index is 1.07. The highest BCUT2D eigenvalue weighted by atomic mass is 32.2. The van der Waals surface area contributed by atoms with Gasteiger partial charge in [-0.05, 0) is 108 Å². The first kappa shape index (κ1) is 38.0. The average Bonchev–Trinajstić information content (AvgIpc) is 4.12. The molecule has 7 nitrogen and oxygen atoms in total. The first-order valence-corrected chi connectivity index (χ1v) is 23.7. The summed E-state index contributed by atoms with van der Waals surface area (Å²) in [6, 6.07) is 71.3. The lowest BCUT2D eigenvalue weighted by Gasteiger charge is -2.39. The summed E-state index contributed by atoms with van der Waals surface area (Å²) in [5.41, 5.74) is 15.7. The Bertz CT molecular complexity index is 4180. The van der Waals surface area contributed by atoms with Gasteiger partial charge in [-0.3, -0.25) is 9.97 Å². The Labute approximate surface area is 399 Å². The van der Waals surface area contributed by atoms with Crippen molar-refractivity contribution in [1.29, 1.82) is 10.5 Å². The molecule has 8 aromatic carbocycles. The molecule has 318 valence electrons. The van der Waals surface area contributed by atoms with Crippen LogP contribution in [0.2, 0.25) is 0 Å². The molecule has 1 aliphatic heterocycles. The molecule has 0 saturated carbocycles. The molecule has 8 heteroatoms. The molecule has 6 heterocycles. The highest BCUT2D eigenvalue weighted by Gasteiger charge is 2.52. The number of nitriles is 2. The molecule has 0 saturated heterocycles. The van der Waals surface area contributed by atoms with Crippen molar-refractivity contribution in [3.05, 3.63) is 234 Å². The van der Waals surface area contributed by atoms with Crippen LogP contribution >= 0.6 is 11.8 Å². The third-order valence-electron chi connectivity index (χ3n) is 14.6. The Morgan fingerprint density at radius 3 is 1.26 bits per heavy atom. The van der Waals surface area contributed by atoms with E-state index in [0.29, 0.717) is 11.1 Å². The summed E-state index contributed by atoms with van der Waals surface area (Å²) < 4.78 is 6.99. The summed E-state index contributed by atoms with van der Waals surface area (Å²) in [6.07, 6.45) is 4.04. The van der Waals surface area contributed by atoms with Gasteiger partial charge in [-0.25, -0.2) is 0 Å². The van der Waals surface area contributed by atoms with Crippen molar-refractivity contribution in [2.24, 2.45) is 0 Å². The maximum atomic E-state index is 10.0. The van der Waals surface area contributed by atoms with Gasteiger partial charge in [0.15, 0.2) is 0 Å². The fourth-order valence-electron chi connectivity index (χ4n) is 11.8. The molecule has 13 aromatic rings. The third-order valence-corrected chi connectivity index (χ3v) is 15.8. The first-order valence-electron chi connectivity index (χ1n) is 22.9. The predicted octanol–water partition coefficient (Wildman–Crippen LogP) is 14.3. The predicted molar refractivity (Wildman–Crippen MR) is 276 cm³/mol. The maximum absolute atomic E-state index is 10.0. The molecule has 0 N–H and O–H groups in total. The van der Waals surface area contributed by atoms with Gasteiger partial charge in [0, 0.05) is 58.9 Å². The largest absolute Gasteiger partial charge is 0.309 e. The molecule has 1 aliphatic carbocycles. The van der Waals surface area contributed by atoms with E-state index in [1.165, 1.54) is 32.0 Å². The lowest BCUT2D eigenvalue weighted by molar-refractivity contribution is 0.717. The van der Waals surface area contributed by atoms with Gasteiger partial charge in [-0.15, -0.1) is 0 Å². The van der Waals surface area contributed by atoms with Crippen molar-refractivity contribution < 1.29 is 0 Å². The number of aromatic nitrogens is 5. The van der Waals surface area contributed by atoms with E-state index in [0.717, 1.165) is 93.9 Å². The van der Waals surface area contributed by atoms with Crippen molar-refractivity contribution >= 4 is 77.2 Å². The Kier molecular flexibility index (Phi) is 7.65. The molecular weight excluding hydrogens is 863 g/mol. The standard InChI is InChI=1S/C61H33N7S/c62-32-36-21-24-55-45(27-36)46-28-37(33-63)22-25-56(46)66(55)38-23-26-58-48(29-38)61(47-15-5-10-20-57(47)69-58)49-30-39(67-51-16-6-1-11-41(51)42-12-2-7-17-52(42)67)34-64-59(49)60-50(61)31-40(35-65-60)68-53-18-8-3-13-43(53)44-14-4-9-19-54(44)68/h1-31,34-35H. The van der Waals surface area contributed by atoms with E-state index in [1.54, 1.807) is 11.8 Å². The molecular formula is C61H33N7S. The van der Waals surface area contributed by atoms with Crippen LogP contribution in [0.15, 0.2) is 210 Å². The number of nitrogens with zero attached hydrogens (tertiary/aromatic N) is 7. The molecule has 0 radical (unpaired) electrons. The van der Waals surface area contributed by atoms with Gasteiger partial charge in [0.2, 0.25) is 0 Å². The van der Waals surface area contributed by atoms with E-state index in [1.807, 2.05) is 48.8 Å². The fourth-order valence-corrected chi connectivity index (χ4v) is 13.0. The van der Waals surface area contributed by atoms with Gasteiger partial charge in [0.25, 0.3) is 0 Å². The van der Waals surface area contributed by atoms with Crippen LogP contribution in [0.5, 0.6) is 0 Å². The molecule has 0 unspecified atom stereocenters. The van der Waals surface area contributed by atoms with Gasteiger partial charge in [0.1, 0.15) is 0 Å². The van der Waals surface area contributed by atoms with Crippen molar-refractivity contribution in [2.75, 3.05) is 0 Å². The van der Waals surface area contributed by atoms with Crippen molar-refractivity contribution in [1.82, 2.24) is 23.7 Å². The molecule has 69 heavy (non-hydrogen) atoms. The van der Waals surface area contributed by atoms with E-state index in [4.69, 9.17) is 9.97 Å². The van der Waals surface area contributed by atoms with Gasteiger partial charge in [-0.1, -0.05) is 103 Å². The van der Waals surface area contributed by atoms with Crippen LogP contribution in [0, 0.1) is 22.7 Å². The first-order chi connectivity index (χ1) is 34.1. The normalized spacial score (nSPS) is 13.2. The monoisotopic (exact) mass is 895 g/mol. The summed E-state index contributed by atoms with van der Waals surface area (Å²) in [7, 11) is 0. The summed E-state index contributed by atoms with van der Waals surface area (Å²) in [5, 5.41) is 26.7. The summed E-state index contributed by atoms with van der Waals surface area (Å²) in [4.78, 5) is 13.3. The Morgan fingerprint density at radius 1 is 0.362 bits per heavy atom. The van der Waals surface area contributed by atoms with E-state index in [-0.39, 0.29) is 0 Å². The van der Waals surface area contributed by atoms with Crippen molar-refractivity contribution in [3.8, 4) is 40.6 Å². The van der Waals surface area contributed by atoms with Crippen molar-refractivity contribution in [2.45, 2.75) is 15.2 Å². The zero-order valence-electron chi connectivity index (χ0n) is 36.6. The second-order valence-corrected chi connectivity index (χ2v) is 19.1. The molecule has 0 bridgehead atoms. The van der Waals surface area contributed by atoms with Gasteiger partial charge in [0.05, 0.1) is 96.9 Å². The number of pyridine rings is 2. The van der Waals surface area contributed by atoms with E-state index >= 15 is 0 Å². The van der Waals surface area contributed by atoms with Crippen molar-refractivity contribution in [3.63, 3.8) is 0 Å². The molecule has 2 aliphatic rings. The molecule has 0 fully saturated rings. The summed E-state index contributed by atoms with van der Waals surface area (Å²) >= 11 is 1.79. The van der Waals surface area contributed by atoms with Crippen LogP contribution in [0.4, 0.5) is 0 Å². The number of fused-ring (bicyclic) bond motifs is 18. The highest BCUT2D eigenvalue weighted by molar-refractivity contribution is 7.99. The van der Waals surface area contributed by atoms with E-state index in [2.05, 4.69) is 177 Å². The van der Waals surface area contributed by atoms with Crippen LogP contribution in [0.1, 0.15) is 33.4 Å². The second-order valence-electron chi connectivity index (χ2n) is 18.0. The van der Waals surface area contributed by atoms with Crippen LogP contribution in [0.25, 0.3) is 93.9 Å². The molecule has 0 amide bonds. The van der Waals surface area contributed by atoms with Gasteiger partial charge < -0.3 is 13.7 Å². The number of hydrogen-bond acceptors (Lipinski definition) is 5. The third kappa shape index (κ3) is 5.00. The SMILES string of the molecule is N#Cc1ccc2c(c1)c1cc(C#N)ccc1n2-c1ccc2c(c1)C1(c3ccccc3S2)c2cc(-n3c4ccccc4c4ccccc43)cnc2-c2ncc(-n3c4ccccc4c4ccccc43)cc21. The van der Waals surface area contributed by atoms with Crippen LogP contribution in [-0.4, -0.2) is 23.7 Å². The minimum atomic E-state index is -0.873. The zero-order chi connectivity index (χ0) is 45.5. The topological polar surface area (TPSA) is 88.2 Å². The Morgan fingerprint density at radius 2 is 0.768 bits per heavy atom. The zero-order valence-corrected chi connectivity index (χ0v) is 37.4. The Hall–Kier alpha value is -9.21.